The highest BCUT2D eigenvalue weighted by molar-refractivity contribution is 6.01. The summed E-state index contributed by atoms with van der Waals surface area (Å²) < 4.78 is 5.17. The van der Waals surface area contributed by atoms with Crippen molar-refractivity contribution in [1.29, 1.82) is 0 Å². The number of esters is 1. The molecule has 2 aromatic carbocycles. The molecule has 1 N–H and O–H groups in total. The Balaban J connectivity index is 1.33. The molecule has 3 aromatic rings. The van der Waals surface area contributed by atoms with Gasteiger partial charge in [-0.05, 0) is 23.6 Å². The number of benzene rings is 2. The second-order valence-corrected chi connectivity index (χ2v) is 6.81. The number of piperazine rings is 1. The van der Waals surface area contributed by atoms with Gasteiger partial charge in [-0.1, -0.05) is 36.4 Å². The molecule has 0 spiro atoms. The lowest BCUT2D eigenvalue weighted by Crippen LogP contribution is -2.50. The number of amides is 1. The van der Waals surface area contributed by atoms with Crippen LogP contribution in [0.4, 0.5) is 5.82 Å². The number of anilines is 1. The van der Waals surface area contributed by atoms with Gasteiger partial charge in [0.25, 0.3) is 5.91 Å². The Morgan fingerprint density at radius 2 is 1.72 bits per heavy atom. The Labute approximate surface area is 168 Å². The number of rotatable bonds is 4. The predicted molar refractivity (Wildman–Crippen MR) is 109 cm³/mol. The number of phenolic OH excluding ortho intramolecular Hbond substituents is 1. The number of pyridine rings is 1. The second kappa shape index (κ2) is 8.18. The molecule has 0 radical (unpaired) electrons. The molecule has 1 saturated heterocycles. The number of fused-ring (bicyclic) bond motifs is 1. The van der Waals surface area contributed by atoms with Crippen LogP contribution in [0, 0.1) is 0 Å². The summed E-state index contributed by atoms with van der Waals surface area (Å²) in [7, 11) is 0. The van der Waals surface area contributed by atoms with Gasteiger partial charge in [0.2, 0.25) is 0 Å². The van der Waals surface area contributed by atoms with Crippen LogP contribution in [0.5, 0.6) is 5.75 Å². The van der Waals surface area contributed by atoms with E-state index in [9.17, 15) is 14.7 Å². The van der Waals surface area contributed by atoms with Crippen LogP contribution >= 0.6 is 0 Å². The van der Waals surface area contributed by atoms with Crippen molar-refractivity contribution < 1.29 is 19.4 Å². The Bertz CT molecular complexity index is 1030. The van der Waals surface area contributed by atoms with Gasteiger partial charge in [0, 0.05) is 37.8 Å². The van der Waals surface area contributed by atoms with Crippen LogP contribution < -0.4 is 4.90 Å². The van der Waals surface area contributed by atoms with Gasteiger partial charge in [0.05, 0.1) is 0 Å². The van der Waals surface area contributed by atoms with E-state index in [0.29, 0.717) is 31.6 Å². The SMILES string of the molecule is O=C(OCC(=O)N1CCN(c2ccccn2)CC1)c1ccc2ccccc2c1O. The number of hydrogen-bond donors (Lipinski definition) is 1. The van der Waals surface area contributed by atoms with E-state index in [-0.39, 0.29) is 23.8 Å². The van der Waals surface area contributed by atoms with Gasteiger partial charge in [0.15, 0.2) is 6.61 Å². The van der Waals surface area contributed by atoms with Crippen LogP contribution in [0.3, 0.4) is 0 Å². The van der Waals surface area contributed by atoms with Crippen LogP contribution in [0.25, 0.3) is 10.8 Å². The number of nitrogens with zero attached hydrogens (tertiary/aromatic N) is 3. The molecule has 0 aliphatic carbocycles. The van der Waals surface area contributed by atoms with Gasteiger partial charge in [-0.2, -0.15) is 0 Å². The summed E-state index contributed by atoms with van der Waals surface area (Å²) in [6, 6.07) is 16.2. The summed E-state index contributed by atoms with van der Waals surface area (Å²) >= 11 is 0. The van der Waals surface area contributed by atoms with Crippen LogP contribution in [0.15, 0.2) is 60.8 Å². The first-order valence-corrected chi connectivity index (χ1v) is 9.45. The molecule has 1 fully saturated rings. The largest absolute Gasteiger partial charge is 0.506 e. The third-order valence-electron chi connectivity index (χ3n) is 5.05. The van der Waals surface area contributed by atoms with E-state index in [0.717, 1.165) is 11.2 Å². The first kappa shape index (κ1) is 18.7. The number of ether oxygens (including phenoxy) is 1. The van der Waals surface area contributed by atoms with Crippen molar-refractivity contribution in [3.05, 3.63) is 66.4 Å². The number of phenols is 1. The molecule has 0 saturated carbocycles. The summed E-state index contributed by atoms with van der Waals surface area (Å²) in [6.07, 6.45) is 1.74. The van der Waals surface area contributed by atoms with E-state index in [2.05, 4.69) is 9.88 Å². The Kier molecular flexibility index (Phi) is 5.29. The minimum Gasteiger partial charge on any atom is -0.506 e. The molecule has 0 atom stereocenters. The Hall–Kier alpha value is -3.61. The van der Waals surface area contributed by atoms with Gasteiger partial charge in [-0.25, -0.2) is 9.78 Å². The number of carbonyl (C=O) groups is 2. The zero-order valence-electron chi connectivity index (χ0n) is 15.8. The zero-order valence-corrected chi connectivity index (χ0v) is 15.8. The van der Waals surface area contributed by atoms with Gasteiger partial charge in [0.1, 0.15) is 17.1 Å². The lowest BCUT2D eigenvalue weighted by Gasteiger charge is -2.35. The third-order valence-corrected chi connectivity index (χ3v) is 5.05. The molecule has 7 nitrogen and oxygen atoms in total. The molecule has 1 aliphatic rings. The van der Waals surface area contributed by atoms with Crippen LogP contribution in [0.1, 0.15) is 10.4 Å². The van der Waals surface area contributed by atoms with E-state index in [4.69, 9.17) is 4.74 Å². The molecule has 148 valence electrons. The number of aromatic nitrogens is 1. The normalized spacial score (nSPS) is 14.1. The topological polar surface area (TPSA) is 83.0 Å². The van der Waals surface area contributed by atoms with Crippen molar-refractivity contribution in [2.45, 2.75) is 0 Å². The minimum absolute atomic E-state index is 0.0523. The monoisotopic (exact) mass is 391 g/mol. The average molecular weight is 391 g/mol. The van der Waals surface area contributed by atoms with Crippen molar-refractivity contribution in [2.75, 3.05) is 37.7 Å². The maximum atomic E-state index is 12.4. The van der Waals surface area contributed by atoms with Crippen molar-refractivity contribution in [3.8, 4) is 5.75 Å². The maximum absolute atomic E-state index is 12.4. The van der Waals surface area contributed by atoms with E-state index >= 15 is 0 Å². The van der Waals surface area contributed by atoms with Crippen LogP contribution in [0.2, 0.25) is 0 Å². The Morgan fingerprint density at radius 1 is 0.966 bits per heavy atom. The molecular weight excluding hydrogens is 370 g/mol. The maximum Gasteiger partial charge on any atom is 0.342 e. The molecular formula is C22H21N3O4. The number of aromatic hydroxyl groups is 1. The Morgan fingerprint density at radius 3 is 2.48 bits per heavy atom. The summed E-state index contributed by atoms with van der Waals surface area (Å²) in [4.78, 5) is 32.9. The van der Waals surface area contributed by atoms with E-state index in [1.165, 1.54) is 6.07 Å². The van der Waals surface area contributed by atoms with Crippen molar-refractivity contribution in [3.63, 3.8) is 0 Å². The van der Waals surface area contributed by atoms with E-state index in [1.54, 1.807) is 29.3 Å². The first-order chi connectivity index (χ1) is 14.1. The van der Waals surface area contributed by atoms with E-state index < -0.39 is 5.97 Å². The van der Waals surface area contributed by atoms with Crippen molar-refractivity contribution >= 4 is 28.5 Å². The molecule has 0 unspecified atom stereocenters. The second-order valence-electron chi connectivity index (χ2n) is 6.81. The molecule has 1 aromatic heterocycles. The first-order valence-electron chi connectivity index (χ1n) is 9.45. The molecule has 1 amide bonds. The van der Waals surface area contributed by atoms with Gasteiger partial charge in [-0.15, -0.1) is 0 Å². The molecule has 1 aliphatic heterocycles. The molecule has 7 heteroatoms. The number of carbonyl (C=O) groups excluding carboxylic acids is 2. The highest BCUT2D eigenvalue weighted by Crippen LogP contribution is 2.29. The predicted octanol–water partition coefficient (Wildman–Crippen LogP) is 2.45. The molecule has 2 heterocycles. The van der Waals surface area contributed by atoms with Crippen molar-refractivity contribution in [2.24, 2.45) is 0 Å². The fraction of sp³-hybridized carbons (Fsp3) is 0.227. The average Bonchev–Trinajstić information content (AvgIpc) is 2.78. The van der Waals surface area contributed by atoms with Crippen LogP contribution in [-0.4, -0.2) is 59.7 Å². The smallest absolute Gasteiger partial charge is 0.342 e. The lowest BCUT2D eigenvalue weighted by atomic mass is 10.1. The highest BCUT2D eigenvalue weighted by Gasteiger charge is 2.23. The standard InChI is InChI=1S/C22H21N3O4/c26-20(25-13-11-24(12-14-25)19-7-3-4-10-23-19)15-29-22(28)18-9-8-16-5-1-2-6-17(16)21(18)27/h1-10,27H,11-15H2. The molecule has 29 heavy (non-hydrogen) atoms. The summed E-state index contributed by atoms with van der Waals surface area (Å²) in [5, 5.41) is 11.8. The molecule has 4 rings (SSSR count). The van der Waals surface area contributed by atoms with E-state index in [1.807, 2.05) is 30.3 Å². The lowest BCUT2D eigenvalue weighted by molar-refractivity contribution is -0.134. The van der Waals surface area contributed by atoms with Crippen LogP contribution in [-0.2, 0) is 9.53 Å². The van der Waals surface area contributed by atoms with Gasteiger partial charge >= 0.3 is 5.97 Å². The zero-order chi connectivity index (χ0) is 20.2. The summed E-state index contributed by atoms with van der Waals surface area (Å²) in [5.41, 5.74) is 0.0523. The minimum atomic E-state index is -0.714. The third kappa shape index (κ3) is 3.99. The highest BCUT2D eigenvalue weighted by atomic mass is 16.5. The fourth-order valence-corrected chi connectivity index (χ4v) is 3.44. The number of hydrogen-bond acceptors (Lipinski definition) is 6. The summed E-state index contributed by atoms with van der Waals surface area (Å²) in [5.74, 6) is -0.213. The van der Waals surface area contributed by atoms with Crippen molar-refractivity contribution in [1.82, 2.24) is 9.88 Å². The van der Waals surface area contributed by atoms with Gasteiger partial charge < -0.3 is 19.6 Å². The molecule has 0 bridgehead atoms. The fourth-order valence-electron chi connectivity index (χ4n) is 3.44. The summed E-state index contributed by atoms with van der Waals surface area (Å²) in [6.45, 7) is 2.06. The van der Waals surface area contributed by atoms with Gasteiger partial charge in [-0.3, -0.25) is 4.79 Å². The quantitative estimate of drug-likeness (QED) is 0.688.